The molecule has 0 spiro atoms. The summed E-state index contributed by atoms with van der Waals surface area (Å²) in [6.45, 7) is 3.54. The van der Waals surface area contributed by atoms with Crippen LogP contribution >= 0.6 is 0 Å². The topological polar surface area (TPSA) is 103 Å². The molecule has 0 aliphatic heterocycles. The van der Waals surface area contributed by atoms with E-state index in [-0.39, 0.29) is 18.0 Å². The molecule has 0 bridgehead atoms. The van der Waals surface area contributed by atoms with Crippen molar-refractivity contribution in [2.75, 3.05) is 32.2 Å². The van der Waals surface area contributed by atoms with E-state index < -0.39 is 18.5 Å². The molecule has 2 N–H and O–H groups in total. The van der Waals surface area contributed by atoms with Crippen LogP contribution in [0.25, 0.3) is 0 Å². The molecule has 0 saturated heterocycles. The van der Waals surface area contributed by atoms with Gasteiger partial charge in [-0.25, -0.2) is 4.79 Å². The van der Waals surface area contributed by atoms with E-state index in [2.05, 4.69) is 10.6 Å². The number of methoxy groups -OCH3 is 1. The summed E-state index contributed by atoms with van der Waals surface area (Å²) in [5, 5.41) is 5.17. The number of hydrogen-bond acceptors (Lipinski definition) is 6. The maximum Gasteiger partial charge on any atom is 0.338 e. The van der Waals surface area contributed by atoms with Gasteiger partial charge < -0.3 is 24.8 Å². The maximum absolute atomic E-state index is 12.2. The van der Waals surface area contributed by atoms with Crippen LogP contribution in [-0.4, -0.2) is 44.7 Å². The van der Waals surface area contributed by atoms with Crippen LogP contribution < -0.4 is 20.1 Å². The number of carbonyl (C=O) groups excluding carboxylic acids is 3. The highest BCUT2D eigenvalue weighted by Gasteiger charge is 2.14. The molecule has 30 heavy (non-hydrogen) atoms. The molecule has 2 aromatic carbocycles. The third-order valence-electron chi connectivity index (χ3n) is 4.15. The second kappa shape index (κ2) is 11.5. The summed E-state index contributed by atoms with van der Waals surface area (Å²) in [6.07, 6.45) is 0.773. The van der Waals surface area contributed by atoms with Crippen LogP contribution in [0.5, 0.6) is 11.5 Å². The SMILES string of the molecule is CCOc1ccc(C(=O)OCC(=O)NCC(=O)Nc2ccccc2CC)cc1OC. The second-order valence-electron chi connectivity index (χ2n) is 6.21. The first-order chi connectivity index (χ1) is 14.5. The van der Waals surface area contributed by atoms with Gasteiger partial charge in [0, 0.05) is 5.69 Å². The number of esters is 1. The number of benzene rings is 2. The predicted molar refractivity (Wildman–Crippen MR) is 112 cm³/mol. The third kappa shape index (κ3) is 6.51. The number of ether oxygens (including phenoxy) is 3. The Bertz CT molecular complexity index is 897. The third-order valence-corrected chi connectivity index (χ3v) is 4.15. The maximum atomic E-state index is 12.2. The van der Waals surface area contributed by atoms with Gasteiger partial charge in [-0.1, -0.05) is 25.1 Å². The molecule has 0 radical (unpaired) electrons. The Hall–Kier alpha value is -3.55. The molecule has 8 heteroatoms. The molecule has 0 unspecified atom stereocenters. The Morgan fingerprint density at radius 3 is 2.43 bits per heavy atom. The van der Waals surface area contributed by atoms with Crippen LogP contribution in [0.15, 0.2) is 42.5 Å². The first-order valence-corrected chi connectivity index (χ1v) is 9.60. The van der Waals surface area contributed by atoms with Crippen LogP contribution in [0.1, 0.15) is 29.8 Å². The van der Waals surface area contributed by atoms with Crippen molar-refractivity contribution in [3.8, 4) is 11.5 Å². The Kier molecular flexibility index (Phi) is 8.68. The number of aryl methyl sites for hydroxylation is 1. The summed E-state index contributed by atoms with van der Waals surface area (Å²) in [7, 11) is 1.46. The number of amides is 2. The first kappa shape index (κ1) is 22.7. The largest absolute Gasteiger partial charge is 0.493 e. The highest BCUT2D eigenvalue weighted by atomic mass is 16.5. The number of para-hydroxylation sites is 1. The normalized spacial score (nSPS) is 10.1. The van der Waals surface area contributed by atoms with E-state index in [9.17, 15) is 14.4 Å². The van der Waals surface area contributed by atoms with Crippen LogP contribution in [-0.2, 0) is 20.7 Å². The van der Waals surface area contributed by atoms with Crippen molar-refractivity contribution in [3.05, 3.63) is 53.6 Å². The molecule has 160 valence electrons. The Labute approximate surface area is 175 Å². The highest BCUT2D eigenvalue weighted by molar-refractivity contribution is 5.96. The van der Waals surface area contributed by atoms with Gasteiger partial charge in [0.05, 0.1) is 25.8 Å². The van der Waals surface area contributed by atoms with Crippen LogP contribution in [0.4, 0.5) is 5.69 Å². The number of rotatable bonds is 10. The minimum absolute atomic E-state index is 0.219. The van der Waals surface area contributed by atoms with E-state index in [4.69, 9.17) is 14.2 Å². The molecule has 0 fully saturated rings. The summed E-state index contributed by atoms with van der Waals surface area (Å²) in [5.41, 5.74) is 1.92. The molecule has 8 nitrogen and oxygen atoms in total. The van der Waals surface area contributed by atoms with Crippen molar-refractivity contribution >= 4 is 23.5 Å². The minimum atomic E-state index is -0.687. The van der Waals surface area contributed by atoms with Crippen molar-refractivity contribution < 1.29 is 28.6 Å². The lowest BCUT2D eigenvalue weighted by molar-refractivity contribution is -0.126. The van der Waals surface area contributed by atoms with Crippen molar-refractivity contribution in [2.24, 2.45) is 0 Å². The number of hydrogen-bond donors (Lipinski definition) is 2. The van der Waals surface area contributed by atoms with Gasteiger partial charge in [-0.3, -0.25) is 9.59 Å². The monoisotopic (exact) mass is 414 g/mol. The number of nitrogens with one attached hydrogen (secondary N) is 2. The summed E-state index contributed by atoms with van der Waals surface area (Å²) < 4.78 is 15.6. The molecule has 2 amide bonds. The zero-order chi connectivity index (χ0) is 21.9. The van der Waals surface area contributed by atoms with Gasteiger partial charge in [0.15, 0.2) is 18.1 Å². The minimum Gasteiger partial charge on any atom is -0.493 e. The fourth-order valence-electron chi connectivity index (χ4n) is 2.66. The standard InChI is InChI=1S/C22H26N2O6/c1-4-15-8-6-7-9-17(15)24-20(25)13-23-21(26)14-30-22(27)16-10-11-18(29-5-2)19(12-16)28-3/h6-12H,4-5,13-14H2,1-3H3,(H,23,26)(H,24,25). The lowest BCUT2D eigenvalue weighted by atomic mass is 10.1. The van der Waals surface area contributed by atoms with Crippen LogP contribution in [0, 0.1) is 0 Å². The van der Waals surface area contributed by atoms with Gasteiger partial charge in [0.2, 0.25) is 5.91 Å². The van der Waals surface area contributed by atoms with Crippen LogP contribution in [0.2, 0.25) is 0 Å². The Morgan fingerprint density at radius 2 is 1.73 bits per heavy atom. The van der Waals surface area contributed by atoms with Gasteiger partial charge in [0.25, 0.3) is 5.91 Å². The van der Waals surface area contributed by atoms with Crippen LogP contribution in [0.3, 0.4) is 0 Å². The summed E-state index contributed by atoms with van der Waals surface area (Å²) >= 11 is 0. The van der Waals surface area contributed by atoms with E-state index in [1.54, 1.807) is 12.1 Å². The Balaban J connectivity index is 1.81. The molecule has 2 aromatic rings. The zero-order valence-electron chi connectivity index (χ0n) is 17.3. The van der Waals surface area contributed by atoms with Crippen molar-refractivity contribution in [3.63, 3.8) is 0 Å². The second-order valence-corrected chi connectivity index (χ2v) is 6.21. The Morgan fingerprint density at radius 1 is 0.967 bits per heavy atom. The fraction of sp³-hybridized carbons (Fsp3) is 0.318. The molecule has 0 aliphatic carbocycles. The lowest BCUT2D eigenvalue weighted by Crippen LogP contribution is -2.35. The predicted octanol–water partition coefficient (Wildman–Crippen LogP) is 2.57. The van der Waals surface area contributed by atoms with E-state index in [0.717, 1.165) is 12.0 Å². The lowest BCUT2D eigenvalue weighted by Gasteiger charge is -2.11. The summed E-state index contributed by atoms with van der Waals surface area (Å²) in [6, 6.07) is 12.0. The molecule has 0 heterocycles. The first-order valence-electron chi connectivity index (χ1n) is 9.60. The van der Waals surface area contributed by atoms with E-state index in [1.165, 1.54) is 19.2 Å². The van der Waals surface area contributed by atoms with E-state index in [1.807, 2.05) is 32.0 Å². The van der Waals surface area contributed by atoms with Crippen molar-refractivity contribution in [1.82, 2.24) is 5.32 Å². The van der Waals surface area contributed by atoms with Gasteiger partial charge >= 0.3 is 5.97 Å². The van der Waals surface area contributed by atoms with E-state index in [0.29, 0.717) is 23.8 Å². The van der Waals surface area contributed by atoms with Gasteiger partial charge in [-0.15, -0.1) is 0 Å². The van der Waals surface area contributed by atoms with E-state index >= 15 is 0 Å². The van der Waals surface area contributed by atoms with Gasteiger partial charge in [-0.2, -0.15) is 0 Å². The fourth-order valence-corrected chi connectivity index (χ4v) is 2.66. The average Bonchev–Trinajstić information content (AvgIpc) is 2.76. The molecular weight excluding hydrogens is 388 g/mol. The summed E-state index contributed by atoms with van der Waals surface area (Å²) in [5.74, 6) is -0.746. The van der Waals surface area contributed by atoms with Gasteiger partial charge in [-0.05, 0) is 43.2 Å². The molecule has 0 aliphatic rings. The van der Waals surface area contributed by atoms with Crippen molar-refractivity contribution in [1.29, 1.82) is 0 Å². The highest BCUT2D eigenvalue weighted by Crippen LogP contribution is 2.28. The van der Waals surface area contributed by atoms with Gasteiger partial charge in [0.1, 0.15) is 0 Å². The molecule has 0 saturated carbocycles. The quantitative estimate of drug-likeness (QED) is 0.579. The number of anilines is 1. The average molecular weight is 414 g/mol. The molecule has 0 aromatic heterocycles. The van der Waals surface area contributed by atoms with Crippen molar-refractivity contribution in [2.45, 2.75) is 20.3 Å². The zero-order valence-corrected chi connectivity index (χ0v) is 17.3. The molecule has 2 rings (SSSR count). The molecular formula is C22H26N2O6. The number of carbonyl (C=O) groups is 3. The smallest absolute Gasteiger partial charge is 0.338 e. The summed E-state index contributed by atoms with van der Waals surface area (Å²) in [4.78, 5) is 36.1. The molecule has 0 atom stereocenters.